The number of rotatable bonds is 7. The minimum absolute atomic E-state index is 0.0186. The van der Waals surface area contributed by atoms with E-state index < -0.39 is 10.1 Å². The van der Waals surface area contributed by atoms with E-state index >= 15 is 0 Å². The minimum Gasteiger partial charge on any atom is -0.493 e. The number of carbonyl (C=O) groups is 1. The van der Waals surface area contributed by atoms with Crippen molar-refractivity contribution < 1.29 is 22.1 Å². The van der Waals surface area contributed by atoms with Gasteiger partial charge in [0.25, 0.3) is 5.91 Å². The summed E-state index contributed by atoms with van der Waals surface area (Å²) in [5, 5.41) is 1.51. The van der Waals surface area contributed by atoms with Gasteiger partial charge < -0.3 is 8.92 Å². The minimum atomic E-state index is -4.09. The number of halogens is 2. The molecule has 7 nitrogen and oxygen atoms in total. The first-order valence-corrected chi connectivity index (χ1v) is 16.0. The SMILES string of the molecule is COc1cc(/C=C2/SC(=Nc3ccc(C)c(Cl)c3)N(c3ccc(C)c(Cl)c3)C2=O)ccc1OS(=O)(=O)c1ccc(C)cc1. The number of aryl methyl sites for hydroxylation is 3. The first-order valence-electron chi connectivity index (χ1n) is 13.0. The fourth-order valence-electron chi connectivity index (χ4n) is 4.12. The molecule has 0 unspecified atom stereocenters. The molecule has 1 fully saturated rings. The summed E-state index contributed by atoms with van der Waals surface area (Å²) < 4.78 is 36.5. The maximum absolute atomic E-state index is 13.8. The van der Waals surface area contributed by atoms with Gasteiger partial charge in [-0.25, -0.2) is 4.99 Å². The number of amides is 1. The van der Waals surface area contributed by atoms with Crippen molar-refractivity contribution in [3.05, 3.63) is 116 Å². The molecule has 4 aromatic carbocycles. The lowest BCUT2D eigenvalue weighted by Gasteiger charge is -2.16. The highest BCUT2D eigenvalue weighted by atomic mass is 35.5. The molecule has 1 heterocycles. The van der Waals surface area contributed by atoms with Crippen molar-refractivity contribution >= 4 is 73.6 Å². The molecular formula is C32H26Cl2N2O5S2. The van der Waals surface area contributed by atoms with Gasteiger partial charge in [-0.3, -0.25) is 9.69 Å². The molecule has 220 valence electrons. The second-order valence-corrected chi connectivity index (χ2v) is 13.1. The Bertz CT molecular complexity index is 1910. The van der Waals surface area contributed by atoms with Gasteiger partial charge >= 0.3 is 10.1 Å². The van der Waals surface area contributed by atoms with Gasteiger partial charge in [0.1, 0.15) is 4.90 Å². The third-order valence-corrected chi connectivity index (χ3v) is 9.63. The first kappa shape index (κ1) is 30.7. The van der Waals surface area contributed by atoms with Crippen LogP contribution in [0.5, 0.6) is 11.5 Å². The molecule has 0 atom stereocenters. The number of hydrogen-bond donors (Lipinski definition) is 0. The molecule has 43 heavy (non-hydrogen) atoms. The number of nitrogens with zero attached hydrogens (tertiary/aromatic N) is 2. The van der Waals surface area contributed by atoms with Crippen molar-refractivity contribution in [2.24, 2.45) is 4.99 Å². The van der Waals surface area contributed by atoms with Crippen LogP contribution in [0.2, 0.25) is 10.0 Å². The largest absolute Gasteiger partial charge is 0.493 e. The highest BCUT2D eigenvalue weighted by molar-refractivity contribution is 8.19. The standard InChI is InChI=1S/C32H26Cl2N2O5S2/c1-19-5-12-25(13-6-19)43(38,39)41-28-14-9-22(15-29(28)40-4)16-30-31(37)36(24-11-8-21(3)27(34)18-24)32(42-30)35-23-10-7-20(2)26(33)17-23/h5-18H,1-4H3/b30-16+,35-32?. The van der Waals surface area contributed by atoms with E-state index in [0.717, 1.165) is 16.7 Å². The number of benzene rings is 4. The van der Waals surface area contributed by atoms with E-state index in [-0.39, 0.29) is 22.3 Å². The molecule has 4 aromatic rings. The van der Waals surface area contributed by atoms with Gasteiger partial charge in [-0.15, -0.1) is 0 Å². The Labute approximate surface area is 264 Å². The van der Waals surface area contributed by atoms with Crippen molar-refractivity contribution in [1.29, 1.82) is 0 Å². The summed E-state index contributed by atoms with van der Waals surface area (Å²) in [5.74, 6) is -0.0981. The maximum atomic E-state index is 13.8. The summed E-state index contributed by atoms with van der Waals surface area (Å²) in [4.78, 5) is 20.4. The van der Waals surface area contributed by atoms with Crippen LogP contribution in [0.4, 0.5) is 11.4 Å². The van der Waals surface area contributed by atoms with Crippen LogP contribution in [-0.4, -0.2) is 26.6 Å². The van der Waals surface area contributed by atoms with E-state index in [1.54, 1.807) is 42.5 Å². The monoisotopic (exact) mass is 652 g/mol. The molecule has 1 saturated heterocycles. The average Bonchev–Trinajstić information content (AvgIpc) is 3.27. The van der Waals surface area contributed by atoms with Crippen LogP contribution >= 0.6 is 35.0 Å². The molecule has 0 aliphatic carbocycles. The number of aliphatic imine (C=N–C) groups is 1. The smallest absolute Gasteiger partial charge is 0.339 e. The van der Waals surface area contributed by atoms with Gasteiger partial charge in [-0.05, 0) is 104 Å². The van der Waals surface area contributed by atoms with Gasteiger partial charge in [0, 0.05) is 10.0 Å². The summed E-state index contributed by atoms with van der Waals surface area (Å²) in [5.41, 5.74) is 4.46. The maximum Gasteiger partial charge on any atom is 0.339 e. The quantitative estimate of drug-likeness (QED) is 0.147. The first-order chi connectivity index (χ1) is 20.4. The number of hydrogen-bond acceptors (Lipinski definition) is 7. The zero-order valence-corrected chi connectivity index (χ0v) is 26.7. The molecule has 0 radical (unpaired) electrons. The zero-order chi connectivity index (χ0) is 30.9. The Hall–Kier alpha value is -3.76. The van der Waals surface area contributed by atoms with Crippen LogP contribution < -0.4 is 13.8 Å². The number of carbonyl (C=O) groups excluding carboxylic acids is 1. The molecule has 1 aliphatic rings. The number of methoxy groups -OCH3 is 1. The van der Waals surface area contributed by atoms with Gasteiger partial charge in [0.05, 0.1) is 23.4 Å². The molecule has 11 heteroatoms. The van der Waals surface area contributed by atoms with Crippen LogP contribution in [0.1, 0.15) is 22.3 Å². The topological polar surface area (TPSA) is 85.3 Å². The Kier molecular flexibility index (Phi) is 8.89. The number of thioether (sulfide) groups is 1. The Balaban J connectivity index is 1.50. The number of amidine groups is 1. The Morgan fingerprint density at radius 1 is 0.837 bits per heavy atom. The highest BCUT2D eigenvalue weighted by Gasteiger charge is 2.35. The van der Waals surface area contributed by atoms with E-state index in [0.29, 0.717) is 37.1 Å². The lowest BCUT2D eigenvalue weighted by atomic mass is 10.1. The molecular weight excluding hydrogens is 627 g/mol. The Morgan fingerprint density at radius 2 is 1.51 bits per heavy atom. The third kappa shape index (κ3) is 6.75. The van der Waals surface area contributed by atoms with Crippen LogP contribution in [0.3, 0.4) is 0 Å². The molecule has 0 aromatic heterocycles. The Morgan fingerprint density at radius 3 is 2.16 bits per heavy atom. The zero-order valence-electron chi connectivity index (χ0n) is 23.6. The molecule has 0 bridgehead atoms. The van der Waals surface area contributed by atoms with Crippen molar-refractivity contribution in [2.75, 3.05) is 12.0 Å². The van der Waals surface area contributed by atoms with E-state index in [2.05, 4.69) is 0 Å². The summed E-state index contributed by atoms with van der Waals surface area (Å²) in [6, 6.07) is 21.9. The molecule has 0 saturated carbocycles. The van der Waals surface area contributed by atoms with E-state index in [1.807, 2.05) is 45.0 Å². The van der Waals surface area contributed by atoms with E-state index in [4.69, 9.17) is 37.1 Å². The summed E-state index contributed by atoms with van der Waals surface area (Å²) in [6.45, 7) is 5.65. The number of ether oxygens (including phenoxy) is 1. The summed E-state index contributed by atoms with van der Waals surface area (Å²) in [7, 11) is -2.68. The molecule has 0 N–H and O–H groups in total. The van der Waals surface area contributed by atoms with Crippen molar-refractivity contribution in [3.63, 3.8) is 0 Å². The lowest BCUT2D eigenvalue weighted by molar-refractivity contribution is -0.113. The van der Waals surface area contributed by atoms with Gasteiger partial charge in [0.15, 0.2) is 16.7 Å². The van der Waals surface area contributed by atoms with Crippen molar-refractivity contribution in [2.45, 2.75) is 25.7 Å². The summed E-state index contributed by atoms with van der Waals surface area (Å²) in [6.07, 6.45) is 1.68. The van der Waals surface area contributed by atoms with Crippen LogP contribution in [0, 0.1) is 20.8 Å². The van der Waals surface area contributed by atoms with Crippen LogP contribution in [0.15, 0.2) is 93.7 Å². The van der Waals surface area contributed by atoms with Crippen molar-refractivity contribution in [3.8, 4) is 11.5 Å². The third-order valence-electron chi connectivity index (χ3n) is 6.59. The predicted octanol–water partition coefficient (Wildman–Crippen LogP) is 8.50. The van der Waals surface area contributed by atoms with E-state index in [1.165, 1.54) is 42.0 Å². The lowest BCUT2D eigenvalue weighted by Crippen LogP contribution is -2.28. The van der Waals surface area contributed by atoms with Crippen molar-refractivity contribution in [1.82, 2.24) is 0 Å². The molecule has 1 amide bonds. The van der Waals surface area contributed by atoms with Crippen LogP contribution in [-0.2, 0) is 14.9 Å². The fourth-order valence-corrected chi connectivity index (χ4v) is 6.41. The van der Waals surface area contributed by atoms with Gasteiger partial charge in [-0.1, -0.05) is 59.1 Å². The van der Waals surface area contributed by atoms with E-state index in [9.17, 15) is 13.2 Å². The second kappa shape index (κ2) is 12.5. The summed E-state index contributed by atoms with van der Waals surface area (Å²) >= 11 is 13.9. The highest BCUT2D eigenvalue weighted by Crippen LogP contribution is 2.40. The molecule has 1 aliphatic heterocycles. The molecule has 0 spiro atoms. The van der Waals surface area contributed by atoms with Gasteiger partial charge in [0.2, 0.25) is 0 Å². The molecule has 5 rings (SSSR count). The normalized spacial score (nSPS) is 15.4. The van der Waals surface area contributed by atoms with Crippen LogP contribution in [0.25, 0.3) is 6.08 Å². The van der Waals surface area contributed by atoms with Gasteiger partial charge in [-0.2, -0.15) is 8.42 Å². The predicted molar refractivity (Wildman–Crippen MR) is 175 cm³/mol. The second-order valence-electron chi connectivity index (χ2n) is 9.77. The number of anilines is 1. The average molecular weight is 654 g/mol. The fraction of sp³-hybridized carbons (Fsp3) is 0.125.